The first-order valence-electron chi connectivity index (χ1n) is 11.3. The average Bonchev–Trinajstić information content (AvgIpc) is 2.90. The van der Waals surface area contributed by atoms with E-state index in [0.29, 0.717) is 13.2 Å². The van der Waals surface area contributed by atoms with Crippen molar-refractivity contribution < 1.29 is 28.8 Å². The van der Waals surface area contributed by atoms with Crippen molar-refractivity contribution in [1.82, 2.24) is 0 Å². The minimum absolute atomic E-state index is 0.331. The van der Waals surface area contributed by atoms with Crippen molar-refractivity contribution in [3.63, 3.8) is 0 Å². The third-order valence-corrected chi connectivity index (χ3v) is 7.14. The summed E-state index contributed by atoms with van der Waals surface area (Å²) < 4.78 is 30.1. The van der Waals surface area contributed by atoms with E-state index >= 15 is 0 Å². The third kappa shape index (κ3) is 5.30. The quantitative estimate of drug-likeness (QED) is 0.531. The van der Waals surface area contributed by atoms with Crippen molar-refractivity contribution in [3.05, 3.63) is 96.1 Å². The number of aliphatic hydroxyl groups excluding tert-OH is 1. The maximum absolute atomic E-state index is 11.3. The van der Waals surface area contributed by atoms with Crippen molar-refractivity contribution in [1.29, 1.82) is 0 Å². The molecule has 0 amide bonds. The Bertz CT molecular complexity index is 1030. The summed E-state index contributed by atoms with van der Waals surface area (Å²) in [6.45, 7) is 0.684. The van der Waals surface area contributed by atoms with E-state index in [4.69, 9.17) is 23.7 Å². The molecule has 5 rings (SSSR count). The molecule has 0 aromatic heterocycles. The van der Waals surface area contributed by atoms with Crippen LogP contribution in [0, 0.1) is 0 Å². The van der Waals surface area contributed by atoms with Gasteiger partial charge in [-0.05, 0) is 29.8 Å². The Morgan fingerprint density at radius 2 is 1.62 bits per heavy atom. The minimum atomic E-state index is -0.890. The molecule has 2 aliphatic heterocycles. The van der Waals surface area contributed by atoms with Gasteiger partial charge in [0.05, 0.1) is 20.3 Å². The molecule has 1 N–H and O–H groups in total. The Morgan fingerprint density at radius 1 is 0.912 bits per heavy atom. The van der Waals surface area contributed by atoms with Crippen LogP contribution in [0.25, 0.3) is 0 Å². The second-order valence-electron chi connectivity index (χ2n) is 8.26. The zero-order chi connectivity index (χ0) is 23.3. The highest BCUT2D eigenvalue weighted by Crippen LogP contribution is 2.40. The summed E-state index contributed by atoms with van der Waals surface area (Å²) >= 11 is 1.48. The first-order valence-corrected chi connectivity index (χ1v) is 12.2. The molecule has 2 saturated heterocycles. The van der Waals surface area contributed by atoms with Gasteiger partial charge in [0.1, 0.15) is 35.6 Å². The summed E-state index contributed by atoms with van der Waals surface area (Å²) in [4.78, 5) is 1.01. The number of thioether (sulfide) groups is 1. The molecule has 34 heavy (non-hydrogen) atoms. The largest absolute Gasteiger partial charge is 0.497 e. The number of aliphatic hydroxyl groups is 1. The van der Waals surface area contributed by atoms with Gasteiger partial charge in [-0.3, -0.25) is 0 Å². The van der Waals surface area contributed by atoms with Crippen LogP contribution in [0.3, 0.4) is 0 Å². The van der Waals surface area contributed by atoms with Gasteiger partial charge in [0.15, 0.2) is 6.29 Å². The summed E-state index contributed by atoms with van der Waals surface area (Å²) in [5.74, 6) is 0.785. The average molecular weight is 481 g/mol. The van der Waals surface area contributed by atoms with E-state index in [0.717, 1.165) is 21.8 Å². The summed E-state index contributed by atoms with van der Waals surface area (Å²) in [5.41, 5.74) is 1.39. The molecule has 0 radical (unpaired) electrons. The van der Waals surface area contributed by atoms with Crippen molar-refractivity contribution in [2.75, 3.05) is 13.7 Å². The van der Waals surface area contributed by atoms with Crippen LogP contribution in [0.4, 0.5) is 0 Å². The van der Waals surface area contributed by atoms with Crippen LogP contribution < -0.4 is 4.74 Å². The Kier molecular flexibility index (Phi) is 7.49. The zero-order valence-electron chi connectivity index (χ0n) is 18.9. The SMILES string of the molecule is COc1ccc(CO[C@@H]2[C@@H](O)[C@H](Sc3ccccc3)O[C@@H]3COC(c4ccccc4)O[C@@H]23)cc1. The Labute approximate surface area is 203 Å². The van der Waals surface area contributed by atoms with E-state index in [2.05, 4.69) is 0 Å². The van der Waals surface area contributed by atoms with E-state index in [9.17, 15) is 5.11 Å². The van der Waals surface area contributed by atoms with Gasteiger partial charge in [-0.1, -0.05) is 72.4 Å². The molecule has 1 unspecified atom stereocenters. The fraction of sp³-hybridized carbons (Fsp3) is 0.333. The molecule has 6 atom stereocenters. The lowest BCUT2D eigenvalue weighted by molar-refractivity contribution is -0.325. The Balaban J connectivity index is 1.35. The number of hydrogen-bond donors (Lipinski definition) is 1. The van der Waals surface area contributed by atoms with Gasteiger partial charge in [0.2, 0.25) is 0 Å². The lowest BCUT2D eigenvalue weighted by Crippen LogP contribution is -2.61. The van der Waals surface area contributed by atoms with Gasteiger partial charge in [0, 0.05) is 10.5 Å². The number of fused-ring (bicyclic) bond motifs is 1. The lowest BCUT2D eigenvalue weighted by atomic mass is 9.98. The monoisotopic (exact) mass is 480 g/mol. The van der Waals surface area contributed by atoms with E-state index in [1.54, 1.807) is 7.11 Å². The fourth-order valence-electron chi connectivity index (χ4n) is 4.18. The molecule has 2 heterocycles. The van der Waals surface area contributed by atoms with Crippen LogP contribution >= 0.6 is 11.8 Å². The van der Waals surface area contributed by atoms with E-state index in [1.807, 2.05) is 84.9 Å². The molecule has 6 nitrogen and oxygen atoms in total. The number of hydrogen-bond acceptors (Lipinski definition) is 7. The van der Waals surface area contributed by atoms with Crippen molar-refractivity contribution in [2.24, 2.45) is 0 Å². The van der Waals surface area contributed by atoms with Crippen LogP contribution in [0.5, 0.6) is 5.75 Å². The molecule has 3 aromatic rings. The smallest absolute Gasteiger partial charge is 0.184 e. The fourth-order valence-corrected chi connectivity index (χ4v) is 5.25. The molecule has 0 spiro atoms. The summed E-state index contributed by atoms with van der Waals surface area (Å²) in [5, 5.41) is 11.3. The second-order valence-corrected chi connectivity index (χ2v) is 9.44. The standard InChI is InChI=1S/C27H28O6S/c1-29-20-14-12-18(13-15-20)16-30-25-23(28)27(34-21-10-6-3-7-11-21)32-22-17-31-26(33-24(22)25)19-8-4-2-5-9-19/h2-15,22-28H,16-17H2,1H3/t22-,23-,24-,25-,26?,27+/m1/s1. The Morgan fingerprint density at radius 3 is 2.32 bits per heavy atom. The topological polar surface area (TPSA) is 66.4 Å². The van der Waals surface area contributed by atoms with Crippen LogP contribution in [0.1, 0.15) is 17.4 Å². The zero-order valence-corrected chi connectivity index (χ0v) is 19.7. The van der Waals surface area contributed by atoms with Gasteiger partial charge in [0.25, 0.3) is 0 Å². The maximum atomic E-state index is 11.3. The predicted octanol–water partition coefficient (Wildman–Crippen LogP) is 4.57. The molecule has 3 aromatic carbocycles. The minimum Gasteiger partial charge on any atom is -0.497 e. The van der Waals surface area contributed by atoms with Crippen molar-refractivity contribution in [3.8, 4) is 5.75 Å². The summed E-state index contributed by atoms with van der Waals surface area (Å²) in [6, 6.07) is 27.4. The predicted molar refractivity (Wildman–Crippen MR) is 129 cm³/mol. The molecule has 0 saturated carbocycles. The summed E-state index contributed by atoms with van der Waals surface area (Å²) in [7, 11) is 1.64. The summed E-state index contributed by atoms with van der Waals surface area (Å²) in [6.07, 6.45) is -2.84. The highest BCUT2D eigenvalue weighted by atomic mass is 32.2. The van der Waals surface area contributed by atoms with Gasteiger partial charge in [-0.15, -0.1) is 0 Å². The highest BCUT2D eigenvalue weighted by Gasteiger charge is 2.50. The molecule has 2 fully saturated rings. The van der Waals surface area contributed by atoms with Gasteiger partial charge in [-0.2, -0.15) is 0 Å². The number of rotatable bonds is 7. The van der Waals surface area contributed by atoms with E-state index in [-0.39, 0.29) is 6.10 Å². The molecule has 2 aliphatic rings. The van der Waals surface area contributed by atoms with Crippen LogP contribution in [-0.2, 0) is 25.6 Å². The second kappa shape index (κ2) is 10.9. The van der Waals surface area contributed by atoms with Crippen LogP contribution in [0.15, 0.2) is 89.8 Å². The lowest BCUT2D eigenvalue weighted by Gasteiger charge is -2.47. The molecule has 178 valence electrons. The number of benzene rings is 3. The van der Waals surface area contributed by atoms with Crippen molar-refractivity contribution in [2.45, 2.75) is 47.6 Å². The first-order chi connectivity index (χ1) is 16.7. The van der Waals surface area contributed by atoms with Crippen LogP contribution in [0.2, 0.25) is 0 Å². The highest BCUT2D eigenvalue weighted by molar-refractivity contribution is 7.99. The molecular weight excluding hydrogens is 452 g/mol. The van der Waals surface area contributed by atoms with Crippen molar-refractivity contribution >= 4 is 11.8 Å². The number of methoxy groups -OCH3 is 1. The Hall–Kier alpha value is -2.39. The maximum Gasteiger partial charge on any atom is 0.184 e. The normalized spacial score (nSPS) is 28.8. The van der Waals surface area contributed by atoms with Crippen LogP contribution in [-0.4, -0.2) is 48.7 Å². The first kappa shape index (κ1) is 23.4. The molecule has 0 bridgehead atoms. The molecular formula is C27H28O6S. The van der Waals surface area contributed by atoms with Gasteiger partial charge >= 0.3 is 0 Å². The molecule has 7 heteroatoms. The number of ether oxygens (including phenoxy) is 5. The van der Waals surface area contributed by atoms with Gasteiger partial charge in [-0.25, -0.2) is 0 Å². The third-order valence-electron chi connectivity index (χ3n) is 5.98. The van der Waals surface area contributed by atoms with E-state index in [1.165, 1.54) is 11.8 Å². The van der Waals surface area contributed by atoms with E-state index < -0.39 is 30.0 Å². The molecule has 0 aliphatic carbocycles. The van der Waals surface area contributed by atoms with Gasteiger partial charge < -0.3 is 28.8 Å².